The molecule has 0 aliphatic carbocycles. The second kappa shape index (κ2) is 13.2. The molecule has 3 saturated heterocycles. The van der Waals surface area contributed by atoms with Crippen molar-refractivity contribution in [2.24, 2.45) is 0 Å². The van der Waals surface area contributed by atoms with Crippen LogP contribution in [0.5, 0.6) is 0 Å². The summed E-state index contributed by atoms with van der Waals surface area (Å²) in [5.41, 5.74) is 7.02. The third-order valence-electron chi connectivity index (χ3n) is 9.02. The van der Waals surface area contributed by atoms with E-state index >= 15 is 0 Å². The second-order valence-corrected chi connectivity index (χ2v) is 13.2. The Hall–Kier alpha value is -3.90. The van der Waals surface area contributed by atoms with Crippen LogP contribution in [0.3, 0.4) is 0 Å². The monoisotopic (exact) mass is 627 g/mol. The van der Waals surface area contributed by atoms with Crippen LogP contribution in [0.25, 0.3) is 21.3 Å². The van der Waals surface area contributed by atoms with E-state index in [9.17, 15) is 9.90 Å². The zero-order valence-electron chi connectivity index (χ0n) is 25.7. The first-order chi connectivity index (χ1) is 22.0. The fourth-order valence-electron chi connectivity index (χ4n) is 6.26. The lowest BCUT2D eigenvalue weighted by Gasteiger charge is -2.34. The Balaban J connectivity index is 1.05. The number of aromatic nitrogens is 1. The zero-order chi connectivity index (χ0) is 30.8. The molecule has 1 aromatic heterocycles. The number of morpholine rings is 1. The summed E-state index contributed by atoms with van der Waals surface area (Å²) in [5.74, 6) is 0. The van der Waals surface area contributed by atoms with Crippen LogP contribution in [0.1, 0.15) is 12.8 Å². The Bertz CT molecular complexity index is 1610. The van der Waals surface area contributed by atoms with Gasteiger partial charge in [-0.3, -0.25) is 0 Å². The SMILES string of the molecule is CN1CCN(c2ccc(NC(=O)Nc3ccc(-c4cc(N5CCOCC5)c5nc(N6CCC(O)CC6)sc5c4)cc3)cc2)CC1. The molecule has 3 fully saturated rings. The van der Waals surface area contributed by atoms with E-state index in [-0.39, 0.29) is 12.1 Å². The van der Waals surface area contributed by atoms with Crippen LogP contribution in [-0.4, -0.2) is 99.7 Å². The Kier molecular flexibility index (Phi) is 8.75. The molecular formula is C34H41N7O3S. The molecule has 2 amide bonds. The number of thiazole rings is 1. The molecule has 0 saturated carbocycles. The molecule has 0 bridgehead atoms. The normalized spacial score (nSPS) is 18.4. The number of carbonyl (C=O) groups excluding carboxylic acids is 1. The number of anilines is 5. The molecule has 0 spiro atoms. The molecule has 3 N–H and O–H groups in total. The summed E-state index contributed by atoms with van der Waals surface area (Å²) in [6, 6.07) is 20.2. The third-order valence-corrected chi connectivity index (χ3v) is 10.1. The lowest BCUT2D eigenvalue weighted by atomic mass is 10.0. The number of piperidine rings is 1. The van der Waals surface area contributed by atoms with Crippen LogP contribution in [-0.2, 0) is 4.74 Å². The zero-order valence-corrected chi connectivity index (χ0v) is 26.6. The number of fused-ring (bicyclic) bond motifs is 1. The van der Waals surface area contributed by atoms with E-state index in [0.29, 0.717) is 13.2 Å². The minimum Gasteiger partial charge on any atom is -0.393 e. The summed E-state index contributed by atoms with van der Waals surface area (Å²) < 4.78 is 6.79. The van der Waals surface area contributed by atoms with E-state index in [0.717, 1.165) is 109 Å². The smallest absolute Gasteiger partial charge is 0.323 e. The molecule has 0 atom stereocenters. The topological polar surface area (TPSA) is 96.4 Å². The number of carbonyl (C=O) groups is 1. The first-order valence-corrected chi connectivity index (χ1v) is 16.7. The number of hydrogen-bond acceptors (Lipinski definition) is 9. The van der Waals surface area contributed by atoms with Gasteiger partial charge < -0.3 is 40.1 Å². The Morgan fingerprint density at radius 3 is 2.11 bits per heavy atom. The number of ether oxygens (including phenoxy) is 1. The standard InChI is InChI=1S/C34H41N7O3S/c1-38-14-16-39(17-15-38)28-8-6-27(7-9-28)36-33(43)35-26-4-2-24(3-5-26)25-22-30(40-18-20-44-21-19-40)32-31(23-25)45-34(37-32)41-12-10-29(42)11-13-41/h2-9,22-23,29,42H,10-21H2,1H3,(H2,35,36,43). The maximum atomic E-state index is 12.8. The van der Waals surface area contributed by atoms with E-state index in [4.69, 9.17) is 9.72 Å². The Labute approximate surface area is 268 Å². The molecule has 10 nitrogen and oxygen atoms in total. The van der Waals surface area contributed by atoms with Crippen molar-refractivity contribution in [1.29, 1.82) is 0 Å². The number of nitrogens with zero attached hydrogens (tertiary/aromatic N) is 5. The van der Waals surface area contributed by atoms with Gasteiger partial charge in [-0.15, -0.1) is 0 Å². The lowest BCUT2D eigenvalue weighted by molar-refractivity contribution is 0.123. The number of nitrogens with one attached hydrogen (secondary N) is 2. The van der Waals surface area contributed by atoms with Gasteiger partial charge in [-0.1, -0.05) is 23.5 Å². The van der Waals surface area contributed by atoms with Gasteiger partial charge in [0.2, 0.25) is 0 Å². The molecule has 7 rings (SSSR count). The van der Waals surface area contributed by atoms with Crippen molar-refractivity contribution < 1.29 is 14.6 Å². The Morgan fingerprint density at radius 2 is 1.44 bits per heavy atom. The summed E-state index contributed by atoms with van der Waals surface area (Å²) in [6.45, 7) is 8.86. The average molecular weight is 628 g/mol. The molecule has 3 aromatic carbocycles. The van der Waals surface area contributed by atoms with Crippen LogP contribution in [0.2, 0.25) is 0 Å². The lowest BCUT2D eigenvalue weighted by Crippen LogP contribution is -2.44. The quantitative estimate of drug-likeness (QED) is 0.270. The number of amides is 2. The molecule has 4 heterocycles. The molecule has 45 heavy (non-hydrogen) atoms. The van der Waals surface area contributed by atoms with Crippen molar-refractivity contribution in [3.8, 4) is 11.1 Å². The van der Waals surface area contributed by atoms with E-state index in [1.807, 2.05) is 24.3 Å². The molecule has 3 aliphatic heterocycles. The number of rotatable bonds is 6. The van der Waals surface area contributed by atoms with Crippen LogP contribution in [0, 0.1) is 0 Å². The summed E-state index contributed by atoms with van der Waals surface area (Å²) in [6.07, 6.45) is 1.34. The highest BCUT2D eigenvalue weighted by Gasteiger charge is 2.23. The first-order valence-electron chi connectivity index (χ1n) is 15.9. The van der Waals surface area contributed by atoms with Crippen molar-refractivity contribution in [3.63, 3.8) is 0 Å². The number of hydrogen-bond donors (Lipinski definition) is 3. The van der Waals surface area contributed by atoms with Crippen molar-refractivity contribution in [1.82, 2.24) is 9.88 Å². The maximum absolute atomic E-state index is 12.8. The molecule has 0 unspecified atom stereocenters. The minimum absolute atomic E-state index is 0.214. The van der Waals surface area contributed by atoms with Crippen molar-refractivity contribution in [2.75, 3.05) is 98.0 Å². The number of aliphatic hydroxyl groups is 1. The van der Waals surface area contributed by atoms with Crippen LogP contribution < -0.4 is 25.3 Å². The summed E-state index contributed by atoms with van der Waals surface area (Å²) in [4.78, 5) is 27.3. The fourth-order valence-corrected chi connectivity index (χ4v) is 7.34. The predicted octanol–water partition coefficient (Wildman–Crippen LogP) is 5.16. The second-order valence-electron chi connectivity index (χ2n) is 12.1. The number of benzene rings is 3. The van der Waals surface area contributed by atoms with Gasteiger partial charge in [-0.25, -0.2) is 9.78 Å². The third kappa shape index (κ3) is 6.86. The fraction of sp³-hybridized carbons (Fsp3) is 0.412. The van der Waals surface area contributed by atoms with E-state index in [1.165, 1.54) is 5.69 Å². The predicted molar refractivity (Wildman–Crippen MR) is 184 cm³/mol. The van der Waals surface area contributed by atoms with E-state index < -0.39 is 0 Å². The number of urea groups is 1. The summed E-state index contributed by atoms with van der Waals surface area (Å²) in [5, 5.41) is 16.9. The number of piperazine rings is 1. The van der Waals surface area contributed by atoms with Gasteiger partial charge in [-0.2, -0.15) is 0 Å². The average Bonchev–Trinajstić information content (AvgIpc) is 3.50. The molecule has 11 heteroatoms. The minimum atomic E-state index is -0.270. The highest BCUT2D eigenvalue weighted by atomic mass is 32.1. The summed E-state index contributed by atoms with van der Waals surface area (Å²) >= 11 is 1.72. The highest BCUT2D eigenvalue weighted by molar-refractivity contribution is 7.22. The van der Waals surface area contributed by atoms with Gasteiger partial charge in [0.1, 0.15) is 5.52 Å². The largest absolute Gasteiger partial charge is 0.393 e. The van der Waals surface area contributed by atoms with Crippen LogP contribution >= 0.6 is 11.3 Å². The van der Waals surface area contributed by atoms with Gasteiger partial charge in [0.05, 0.1) is 29.7 Å². The Morgan fingerprint density at radius 1 is 0.800 bits per heavy atom. The van der Waals surface area contributed by atoms with Crippen molar-refractivity contribution in [2.45, 2.75) is 18.9 Å². The van der Waals surface area contributed by atoms with Crippen molar-refractivity contribution in [3.05, 3.63) is 60.7 Å². The van der Waals surface area contributed by atoms with E-state index in [2.05, 4.69) is 73.7 Å². The highest BCUT2D eigenvalue weighted by Crippen LogP contribution is 2.39. The van der Waals surface area contributed by atoms with Crippen molar-refractivity contribution >= 4 is 55.5 Å². The number of aliphatic hydroxyl groups excluding tert-OH is 1. The van der Waals surface area contributed by atoms with Gasteiger partial charge in [-0.05, 0) is 79.5 Å². The van der Waals surface area contributed by atoms with Gasteiger partial charge in [0, 0.05) is 69.4 Å². The molecular weight excluding hydrogens is 586 g/mol. The van der Waals surface area contributed by atoms with E-state index in [1.54, 1.807) is 11.3 Å². The summed E-state index contributed by atoms with van der Waals surface area (Å²) in [7, 11) is 2.15. The van der Waals surface area contributed by atoms with Gasteiger partial charge >= 0.3 is 6.03 Å². The molecule has 0 radical (unpaired) electrons. The molecule has 3 aliphatic rings. The molecule has 4 aromatic rings. The molecule has 236 valence electrons. The van der Waals surface area contributed by atoms with Gasteiger partial charge in [0.25, 0.3) is 0 Å². The van der Waals surface area contributed by atoms with Crippen LogP contribution in [0.15, 0.2) is 60.7 Å². The first kappa shape index (κ1) is 29.8. The number of likely N-dealkylation sites (N-methyl/N-ethyl adjacent to an activating group) is 1. The van der Waals surface area contributed by atoms with Crippen LogP contribution in [0.4, 0.5) is 32.7 Å². The maximum Gasteiger partial charge on any atom is 0.323 e. The van der Waals surface area contributed by atoms with Gasteiger partial charge in [0.15, 0.2) is 5.13 Å².